The van der Waals surface area contributed by atoms with Crippen molar-refractivity contribution in [1.29, 1.82) is 0 Å². The number of carbonyl (C=O) groups excluding carboxylic acids is 1. The predicted molar refractivity (Wildman–Crippen MR) is 121 cm³/mol. The maximum atomic E-state index is 14.3. The van der Waals surface area contributed by atoms with Gasteiger partial charge in [0.05, 0.1) is 20.4 Å². The molecule has 7 heteroatoms. The highest BCUT2D eigenvalue weighted by molar-refractivity contribution is 5.91. The molecule has 0 bridgehead atoms. The maximum absolute atomic E-state index is 14.3. The molecule has 0 fully saturated rings. The minimum absolute atomic E-state index is 0.0912. The highest BCUT2D eigenvalue weighted by Gasteiger charge is 2.09. The lowest BCUT2D eigenvalue weighted by Gasteiger charge is -2.16. The molecule has 0 atom stereocenters. The number of hydrogen-bond acceptors (Lipinski definition) is 5. The molecule has 166 valence electrons. The van der Waals surface area contributed by atoms with Crippen molar-refractivity contribution in [3.05, 3.63) is 83.9 Å². The van der Waals surface area contributed by atoms with Crippen LogP contribution in [0.25, 0.3) is 6.08 Å². The van der Waals surface area contributed by atoms with Gasteiger partial charge < -0.3 is 19.1 Å². The van der Waals surface area contributed by atoms with Crippen LogP contribution in [0.3, 0.4) is 0 Å². The first-order chi connectivity index (χ1) is 15.5. The van der Waals surface area contributed by atoms with E-state index in [4.69, 9.17) is 14.2 Å². The summed E-state index contributed by atoms with van der Waals surface area (Å²) in [5, 5.41) is 0. The number of benzene rings is 2. The SMILES string of the molecule is COc1ccc(CCN(C)C(=O)/C=C/c2ccc(Oc3cccnc3)c(F)c2)cc1OC. The second-order valence-corrected chi connectivity index (χ2v) is 7.01. The van der Waals surface area contributed by atoms with Gasteiger partial charge >= 0.3 is 0 Å². The first-order valence-electron chi connectivity index (χ1n) is 10.0. The van der Waals surface area contributed by atoms with Crippen molar-refractivity contribution < 1.29 is 23.4 Å². The van der Waals surface area contributed by atoms with E-state index in [2.05, 4.69) is 4.98 Å². The molecule has 0 radical (unpaired) electrons. The number of likely N-dealkylation sites (N-methyl/N-ethyl adjacent to an activating group) is 1. The summed E-state index contributed by atoms with van der Waals surface area (Å²) in [6.45, 7) is 0.519. The Labute approximate surface area is 186 Å². The fourth-order valence-electron chi connectivity index (χ4n) is 2.98. The van der Waals surface area contributed by atoms with E-state index in [9.17, 15) is 9.18 Å². The first-order valence-corrected chi connectivity index (χ1v) is 10.0. The van der Waals surface area contributed by atoms with Gasteiger partial charge in [-0.3, -0.25) is 9.78 Å². The summed E-state index contributed by atoms with van der Waals surface area (Å²) in [5.41, 5.74) is 1.58. The highest BCUT2D eigenvalue weighted by Crippen LogP contribution is 2.28. The molecular formula is C25H25FN2O4. The monoisotopic (exact) mass is 436 g/mol. The van der Waals surface area contributed by atoms with Gasteiger partial charge in [0.15, 0.2) is 23.1 Å². The number of methoxy groups -OCH3 is 2. The van der Waals surface area contributed by atoms with Crippen LogP contribution >= 0.6 is 0 Å². The van der Waals surface area contributed by atoms with E-state index in [1.54, 1.807) is 56.6 Å². The molecule has 2 aromatic carbocycles. The number of pyridine rings is 1. The minimum atomic E-state index is -0.523. The highest BCUT2D eigenvalue weighted by atomic mass is 19.1. The molecule has 1 aromatic heterocycles. The number of aromatic nitrogens is 1. The summed E-state index contributed by atoms with van der Waals surface area (Å²) < 4.78 is 30.4. The maximum Gasteiger partial charge on any atom is 0.246 e. The van der Waals surface area contributed by atoms with Gasteiger partial charge in [-0.25, -0.2) is 4.39 Å². The van der Waals surface area contributed by atoms with Crippen molar-refractivity contribution in [3.63, 3.8) is 0 Å². The fourth-order valence-corrected chi connectivity index (χ4v) is 2.98. The van der Waals surface area contributed by atoms with Gasteiger partial charge in [0.2, 0.25) is 5.91 Å². The van der Waals surface area contributed by atoms with Crippen molar-refractivity contribution in [1.82, 2.24) is 9.88 Å². The molecule has 1 heterocycles. The average molecular weight is 436 g/mol. The Morgan fingerprint density at radius 2 is 1.84 bits per heavy atom. The summed E-state index contributed by atoms with van der Waals surface area (Å²) >= 11 is 0. The van der Waals surface area contributed by atoms with Gasteiger partial charge in [0.1, 0.15) is 5.75 Å². The van der Waals surface area contributed by atoms with E-state index >= 15 is 0 Å². The zero-order valence-corrected chi connectivity index (χ0v) is 18.2. The molecule has 0 saturated carbocycles. The number of halogens is 1. The third-order valence-corrected chi connectivity index (χ3v) is 4.80. The molecular weight excluding hydrogens is 411 g/mol. The van der Waals surface area contributed by atoms with Gasteiger partial charge in [-0.15, -0.1) is 0 Å². The summed E-state index contributed by atoms with van der Waals surface area (Å²) in [5.74, 6) is 1.14. The molecule has 32 heavy (non-hydrogen) atoms. The Kier molecular flexibility index (Phi) is 7.80. The molecule has 3 rings (SSSR count). The largest absolute Gasteiger partial charge is 0.493 e. The topological polar surface area (TPSA) is 60.9 Å². The van der Waals surface area contributed by atoms with E-state index in [0.29, 0.717) is 35.8 Å². The normalized spacial score (nSPS) is 10.8. The number of amides is 1. The lowest BCUT2D eigenvalue weighted by Crippen LogP contribution is -2.27. The molecule has 0 aliphatic heterocycles. The van der Waals surface area contributed by atoms with Crippen LogP contribution in [0.15, 0.2) is 67.0 Å². The third-order valence-electron chi connectivity index (χ3n) is 4.80. The van der Waals surface area contributed by atoms with Crippen LogP contribution in [-0.2, 0) is 11.2 Å². The van der Waals surface area contributed by atoms with Gasteiger partial charge in [-0.1, -0.05) is 12.1 Å². The molecule has 0 saturated heterocycles. The Bertz CT molecular complexity index is 1090. The van der Waals surface area contributed by atoms with Crippen molar-refractivity contribution in [2.24, 2.45) is 0 Å². The molecule has 6 nitrogen and oxygen atoms in total. The number of carbonyl (C=O) groups is 1. The van der Waals surface area contributed by atoms with Crippen molar-refractivity contribution >= 4 is 12.0 Å². The lowest BCUT2D eigenvalue weighted by atomic mass is 10.1. The molecule has 0 spiro atoms. The molecule has 3 aromatic rings. The average Bonchev–Trinajstić information content (AvgIpc) is 2.82. The van der Waals surface area contributed by atoms with Gasteiger partial charge in [-0.05, 0) is 60.0 Å². The Hall–Kier alpha value is -3.87. The predicted octanol–water partition coefficient (Wildman–Crippen LogP) is 4.74. The Morgan fingerprint density at radius 3 is 2.53 bits per heavy atom. The van der Waals surface area contributed by atoms with Crippen LogP contribution < -0.4 is 14.2 Å². The lowest BCUT2D eigenvalue weighted by molar-refractivity contribution is -0.124. The van der Waals surface area contributed by atoms with E-state index in [0.717, 1.165) is 5.56 Å². The van der Waals surface area contributed by atoms with Crippen LogP contribution in [0, 0.1) is 5.82 Å². The molecule has 0 aliphatic rings. The molecule has 1 amide bonds. The Balaban J connectivity index is 1.56. The van der Waals surface area contributed by atoms with Gasteiger partial charge in [-0.2, -0.15) is 0 Å². The third kappa shape index (κ3) is 6.07. The van der Waals surface area contributed by atoms with Gasteiger partial charge in [0.25, 0.3) is 0 Å². The van der Waals surface area contributed by atoms with Gasteiger partial charge in [0, 0.05) is 25.9 Å². The summed E-state index contributed by atoms with van der Waals surface area (Å²) in [4.78, 5) is 18.0. The van der Waals surface area contributed by atoms with E-state index in [1.165, 1.54) is 24.4 Å². The van der Waals surface area contributed by atoms with E-state index < -0.39 is 5.82 Å². The van der Waals surface area contributed by atoms with Crippen LogP contribution in [0.4, 0.5) is 4.39 Å². The Morgan fingerprint density at radius 1 is 1.06 bits per heavy atom. The minimum Gasteiger partial charge on any atom is -0.493 e. The van der Waals surface area contributed by atoms with E-state index in [1.807, 2.05) is 18.2 Å². The zero-order chi connectivity index (χ0) is 22.9. The second kappa shape index (κ2) is 10.9. The van der Waals surface area contributed by atoms with Crippen molar-refractivity contribution in [2.75, 3.05) is 27.8 Å². The quantitative estimate of drug-likeness (QED) is 0.453. The fraction of sp³-hybridized carbons (Fsp3) is 0.200. The number of rotatable bonds is 9. The molecule has 0 N–H and O–H groups in total. The number of hydrogen-bond donors (Lipinski definition) is 0. The first kappa shape index (κ1) is 22.8. The summed E-state index contributed by atoms with van der Waals surface area (Å²) in [6, 6.07) is 13.6. The standard InChI is InChI=1S/C25H25FN2O4/c1-28(14-12-19-7-10-23(30-2)24(16-19)31-3)25(29)11-8-18-6-9-22(21(26)15-18)32-20-5-4-13-27-17-20/h4-11,13,15-17H,12,14H2,1-3H3/b11-8+. The van der Waals surface area contributed by atoms with Crippen LogP contribution in [0.1, 0.15) is 11.1 Å². The van der Waals surface area contributed by atoms with Crippen molar-refractivity contribution in [3.8, 4) is 23.0 Å². The second-order valence-electron chi connectivity index (χ2n) is 7.01. The molecule has 0 aliphatic carbocycles. The van der Waals surface area contributed by atoms with Crippen LogP contribution in [-0.4, -0.2) is 43.6 Å². The summed E-state index contributed by atoms with van der Waals surface area (Å²) in [6.07, 6.45) is 6.77. The zero-order valence-electron chi connectivity index (χ0n) is 18.2. The molecule has 0 unspecified atom stereocenters. The smallest absolute Gasteiger partial charge is 0.246 e. The van der Waals surface area contributed by atoms with Crippen LogP contribution in [0.2, 0.25) is 0 Å². The number of ether oxygens (including phenoxy) is 3. The summed E-state index contributed by atoms with van der Waals surface area (Å²) in [7, 11) is 4.89. The number of nitrogens with zero attached hydrogens (tertiary/aromatic N) is 2. The van der Waals surface area contributed by atoms with E-state index in [-0.39, 0.29) is 11.7 Å². The van der Waals surface area contributed by atoms with Crippen LogP contribution in [0.5, 0.6) is 23.0 Å². The van der Waals surface area contributed by atoms with Crippen molar-refractivity contribution in [2.45, 2.75) is 6.42 Å².